The van der Waals surface area contributed by atoms with E-state index in [2.05, 4.69) is 146 Å². The Bertz CT molecular complexity index is 1450. The molecular formula is C35H27BO. The molecule has 0 amide bonds. The van der Waals surface area contributed by atoms with Crippen molar-refractivity contribution in [2.24, 2.45) is 0 Å². The Kier molecular flexibility index (Phi) is 6.31. The summed E-state index contributed by atoms with van der Waals surface area (Å²) in [6, 6.07) is 51.9. The summed E-state index contributed by atoms with van der Waals surface area (Å²) in [7, 11) is 1.72. The van der Waals surface area contributed by atoms with Crippen molar-refractivity contribution in [1.82, 2.24) is 0 Å². The van der Waals surface area contributed by atoms with Crippen LogP contribution in [0, 0.1) is 0 Å². The number of hydrogen-bond donors (Lipinski definition) is 0. The average Bonchev–Trinajstić information content (AvgIpc) is 3.35. The van der Waals surface area contributed by atoms with E-state index in [0.717, 1.165) is 5.75 Å². The highest BCUT2D eigenvalue weighted by atomic mass is 16.5. The van der Waals surface area contributed by atoms with E-state index in [1.807, 2.05) is 0 Å². The Morgan fingerprint density at radius 2 is 0.757 bits per heavy atom. The molecule has 0 N–H and O–H groups in total. The first-order valence-corrected chi connectivity index (χ1v) is 12.7. The molecule has 1 heterocycles. The van der Waals surface area contributed by atoms with Crippen LogP contribution in [0.3, 0.4) is 0 Å². The van der Waals surface area contributed by atoms with Gasteiger partial charge in [-0.1, -0.05) is 150 Å². The fraction of sp³-hybridized carbons (Fsp3) is 0.0286. The Labute approximate surface area is 219 Å². The number of methoxy groups -OCH3 is 1. The predicted molar refractivity (Wildman–Crippen MR) is 158 cm³/mol. The molecule has 0 radical (unpaired) electrons. The topological polar surface area (TPSA) is 9.23 Å². The van der Waals surface area contributed by atoms with Crippen LogP contribution in [-0.4, -0.2) is 13.8 Å². The third kappa shape index (κ3) is 4.32. The number of ether oxygens (including phenoxy) is 1. The lowest BCUT2D eigenvalue weighted by molar-refractivity contribution is 0.415. The molecule has 0 spiro atoms. The Balaban J connectivity index is 1.75. The zero-order chi connectivity index (χ0) is 25.0. The van der Waals surface area contributed by atoms with Crippen LogP contribution in [0.1, 0.15) is 22.3 Å². The van der Waals surface area contributed by atoms with Gasteiger partial charge in [-0.25, -0.2) is 0 Å². The van der Waals surface area contributed by atoms with Gasteiger partial charge in [-0.15, -0.1) is 0 Å². The summed E-state index contributed by atoms with van der Waals surface area (Å²) in [5.74, 6) is 0.865. The van der Waals surface area contributed by atoms with Gasteiger partial charge in [0.05, 0.1) is 7.11 Å². The molecule has 0 aliphatic carbocycles. The van der Waals surface area contributed by atoms with Crippen molar-refractivity contribution in [2.75, 3.05) is 7.11 Å². The second kappa shape index (κ2) is 10.2. The van der Waals surface area contributed by atoms with Crippen molar-refractivity contribution >= 4 is 34.3 Å². The van der Waals surface area contributed by atoms with Crippen LogP contribution in [-0.2, 0) is 0 Å². The molecule has 0 saturated carbocycles. The monoisotopic (exact) mass is 474 g/mol. The molecule has 5 aromatic carbocycles. The summed E-state index contributed by atoms with van der Waals surface area (Å²) >= 11 is 0. The summed E-state index contributed by atoms with van der Waals surface area (Å²) in [4.78, 5) is 0. The lowest BCUT2D eigenvalue weighted by atomic mass is 9.35. The molecule has 0 saturated heterocycles. The molecule has 1 nitrogen and oxygen atoms in total. The van der Waals surface area contributed by atoms with E-state index in [-0.39, 0.29) is 6.71 Å². The molecule has 0 bridgehead atoms. The molecule has 1 aliphatic heterocycles. The molecule has 0 aromatic heterocycles. The standard InChI is InChI=1S/C35H27BO/c1-37-31-24-22-30(23-25-31)36-34(28-18-10-4-11-19-28)32(26-14-6-2-7-15-26)33(27-16-8-3-9-17-27)35(36)29-20-12-5-13-21-29/h2-25H,1H3. The van der Waals surface area contributed by atoms with Crippen molar-refractivity contribution < 1.29 is 4.74 Å². The smallest absolute Gasteiger partial charge is 0.244 e. The van der Waals surface area contributed by atoms with Gasteiger partial charge in [0.1, 0.15) is 5.75 Å². The second-order valence-electron chi connectivity index (χ2n) is 9.25. The average molecular weight is 474 g/mol. The first-order chi connectivity index (χ1) is 18.3. The fourth-order valence-corrected chi connectivity index (χ4v) is 5.50. The minimum absolute atomic E-state index is 0.0566. The number of benzene rings is 5. The summed E-state index contributed by atoms with van der Waals surface area (Å²) in [6.07, 6.45) is 0. The van der Waals surface area contributed by atoms with E-state index in [0.29, 0.717) is 0 Å². The normalized spacial score (nSPS) is 13.3. The number of allylic oxidation sites excluding steroid dienone is 2. The quantitative estimate of drug-likeness (QED) is 0.229. The Morgan fingerprint density at radius 3 is 1.11 bits per heavy atom. The minimum Gasteiger partial charge on any atom is -0.497 e. The van der Waals surface area contributed by atoms with Crippen molar-refractivity contribution in [3.05, 3.63) is 168 Å². The van der Waals surface area contributed by atoms with Gasteiger partial charge in [-0.2, -0.15) is 0 Å². The highest BCUT2D eigenvalue weighted by molar-refractivity contribution is 7.08. The molecule has 0 unspecified atom stereocenters. The van der Waals surface area contributed by atoms with E-state index >= 15 is 0 Å². The van der Waals surface area contributed by atoms with Crippen molar-refractivity contribution in [3.63, 3.8) is 0 Å². The van der Waals surface area contributed by atoms with Gasteiger partial charge in [0, 0.05) is 0 Å². The van der Waals surface area contributed by atoms with Gasteiger partial charge >= 0.3 is 0 Å². The Hall–Kier alpha value is -4.56. The molecule has 5 aromatic rings. The second-order valence-corrected chi connectivity index (χ2v) is 9.25. The molecule has 176 valence electrons. The molecule has 37 heavy (non-hydrogen) atoms. The maximum absolute atomic E-state index is 5.51. The van der Waals surface area contributed by atoms with Gasteiger partial charge in [-0.05, 0) is 45.5 Å². The zero-order valence-electron chi connectivity index (χ0n) is 20.8. The molecular weight excluding hydrogens is 447 g/mol. The van der Waals surface area contributed by atoms with Gasteiger partial charge in [0.25, 0.3) is 0 Å². The molecule has 2 heteroatoms. The molecule has 6 rings (SSSR count). The molecule has 0 atom stereocenters. The summed E-state index contributed by atoms with van der Waals surface area (Å²) in [6.45, 7) is 0.0566. The minimum atomic E-state index is 0.0566. The lowest BCUT2D eigenvalue weighted by Crippen LogP contribution is -2.32. The summed E-state index contributed by atoms with van der Waals surface area (Å²) in [5.41, 5.74) is 11.4. The van der Waals surface area contributed by atoms with Crippen molar-refractivity contribution in [2.45, 2.75) is 0 Å². The van der Waals surface area contributed by atoms with E-state index in [1.165, 1.54) is 49.8 Å². The van der Waals surface area contributed by atoms with Gasteiger partial charge < -0.3 is 4.74 Å². The Morgan fingerprint density at radius 1 is 0.405 bits per heavy atom. The zero-order valence-corrected chi connectivity index (χ0v) is 20.8. The highest BCUT2D eigenvalue weighted by Gasteiger charge is 2.40. The summed E-state index contributed by atoms with van der Waals surface area (Å²) in [5, 5.41) is 0. The SMILES string of the molecule is COc1ccc(B2C(c3ccccc3)=C(c3ccccc3)C(c3ccccc3)=C2c2ccccc2)cc1. The van der Waals surface area contributed by atoms with Gasteiger partial charge in [0.15, 0.2) is 0 Å². The van der Waals surface area contributed by atoms with E-state index < -0.39 is 0 Å². The van der Waals surface area contributed by atoms with E-state index in [1.54, 1.807) is 7.11 Å². The van der Waals surface area contributed by atoms with Crippen molar-refractivity contribution in [1.29, 1.82) is 0 Å². The van der Waals surface area contributed by atoms with Crippen LogP contribution >= 0.6 is 0 Å². The van der Waals surface area contributed by atoms with E-state index in [4.69, 9.17) is 4.74 Å². The van der Waals surface area contributed by atoms with Crippen LogP contribution in [0.5, 0.6) is 5.75 Å². The largest absolute Gasteiger partial charge is 0.497 e. The van der Waals surface area contributed by atoms with Crippen molar-refractivity contribution in [3.8, 4) is 5.75 Å². The first kappa shape index (κ1) is 22.9. The number of rotatable bonds is 6. The molecule has 1 aliphatic rings. The maximum atomic E-state index is 5.51. The molecule has 0 fully saturated rings. The predicted octanol–water partition coefficient (Wildman–Crippen LogP) is 7.71. The van der Waals surface area contributed by atoms with Crippen LogP contribution in [0.4, 0.5) is 0 Å². The fourth-order valence-electron chi connectivity index (χ4n) is 5.50. The maximum Gasteiger partial charge on any atom is 0.244 e. The van der Waals surface area contributed by atoms with E-state index in [9.17, 15) is 0 Å². The lowest BCUT2D eigenvalue weighted by Gasteiger charge is -2.19. The van der Waals surface area contributed by atoms with Gasteiger partial charge in [0.2, 0.25) is 6.71 Å². The van der Waals surface area contributed by atoms with Crippen LogP contribution < -0.4 is 10.2 Å². The highest BCUT2D eigenvalue weighted by Crippen LogP contribution is 2.50. The van der Waals surface area contributed by atoms with Crippen LogP contribution in [0.2, 0.25) is 0 Å². The van der Waals surface area contributed by atoms with Crippen LogP contribution in [0.15, 0.2) is 146 Å². The number of hydrogen-bond acceptors (Lipinski definition) is 1. The van der Waals surface area contributed by atoms with Gasteiger partial charge in [-0.3, -0.25) is 0 Å². The summed E-state index contributed by atoms with van der Waals surface area (Å²) < 4.78 is 5.51. The first-order valence-electron chi connectivity index (χ1n) is 12.7. The third-order valence-electron chi connectivity index (χ3n) is 7.11. The third-order valence-corrected chi connectivity index (χ3v) is 7.11. The van der Waals surface area contributed by atoms with Crippen LogP contribution in [0.25, 0.3) is 22.1 Å².